The first kappa shape index (κ1) is 15.1. The molecule has 0 unspecified atom stereocenters. The molecule has 0 N–H and O–H groups in total. The van der Waals surface area contributed by atoms with Crippen LogP contribution in [0.25, 0.3) is 0 Å². The van der Waals surface area contributed by atoms with E-state index in [0.29, 0.717) is 13.1 Å². The fourth-order valence-electron chi connectivity index (χ4n) is 2.53. The Kier molecular flexibility index (Phi) is 3.78. The molecule has 0 saturated heterocycles. The van der Waals surface area contributed by atoms with Crippen molar-refractivity contribution in [2.75, 3.05) is 6.54 Å². The highest BCUT2D eigenvalue weighted by Gasteiger charge is 2.26. The second kappa shape index (κ2) is 5.76. The number of carbonyl (C=O) groups excluding carboxylic acids is 1. The van der Waals surface area contributed by atoms with Crippen LogP contribution in [-0.2, 0) is 13.0 Å². The fraction of sp³-hybridized carbons (Fsp3) is 0.214. The van der Waals surface area contributed by atoms with Gasteiger partial charge in [-0.3, -0.25) is 25.0 Å². The number of fused-ring (bicyclic) bond motifs is 1. The number of thiophene rings is 1. The molecule has 0 saturated carbocycles. The Hall–Kier alpha value is -2.81. The van der Waals surface area contributed by atoms with Crippen molar-refractivity contribution in [2.45, 2.75) is 13.0 Å². The van der Waals surface area contributed by atoms with Crippen molar-refractivity contribution in [3.63, 3.8) is 0 Å². The minimum atomic E-state index is -0.739. The van der Waals surface area contributed by atoms with E-state index in [0.717, 1.165) is 30.2 Å². The van der Waals surface area contributed by atoms with Crippen LogP contribution in [0.5, 0.6) is 0 Å². The first-order valence-corrected chi connectivity index (χ1v) is 7.62. The lowest BCUT2D eigenvalue weighted by atomic mass is 10.1. The lowest BCUT2D eigenvalue weighted by Crippen LogP contribution is -2.35. The molecule has 1 aliphatic heterocycles. The summed E-state index contributed by atoms with van der Waals surface area (Å²) in [6.07, 6.45) is 0.718. The van der Waals surface area contributed by atoms with Crippen LogP contribution in [0, 0.1) is 20.2 Å². The van der Waals surface area contributed by atoms with Gasteiger partial charge in [0.2, 0.25) is 0 Å². The summed E-state index contributed by atoms with van der Waals surface area (Å²) in [5, 5.41) is 23.8. The van der Waals surface area contributed by atoms with E-state index in [-0.39, 0.29) is 5.56 Å². The molecule has 23 heavy (non-hydrogen) atoms. The molecule has 1 aromatic carbocycles. The molecule has 2 heterocycles. The van der Waals surface area contributed by atoms with Crippen molar-refractivity contribution >= 4 is 28.6 Å². The number of hydrogen-bond acceptors (Lipinski definition) is 6. The third-order valence-corrected chi connectivity index (χ3v) is 4.69. The maximum Gasteiger partial charge on any atom is 0.277 e. The van der Waals surface area contributed by atoms with E-state index in [1.165, 1.54) is 4.88 Å². The summed E-state index contributed by atoms with van der Waals surface area (Å²) in [6, 6.07) is 4.95. The highest BCUT2D eigenvalue weighted by molar-refractivity contribution is 7.10. The minimum Gasteiger partial charge on any atom is -0.334 e. The predicted octanol–water partition coefficient (Wildman–Crippen LogP) is 2.76. The lowest BCUT2D eigenvalue weighted by molar-refractivity contribution is -0.394. The third kappa shape index (κ3) is 2.90. The zero-order chi connectivity index (χ0) is 16.6. The highest BCUT2D eigenvalue weighted by atomic mass is 32.1. The molecule has 118 valence electrons. The molecular weight excluding hydrogens is 322 g/mol. The normalized spacial score (nSPS) is 13.5. The number of nitro benzene ring substituents is 2. The van der Waals surface area contributed by atoms with Crippen LogP contribution < -0.4 is 0 Å². The average Bonchev–Trinajstić information content (AvgIpc) is 3.01. The van der Waals surface area contributed by atoms with Gasteiger partial charge in [0.15, 0.2) is 0 Å². The summed E-state index contributed by atoms with van der Waals surface area (Å²) in [5.74, 6) is -0.436. The molecule has 0 spiro atoms. The van der Waals surface area contributed by atoms with Crippen LogP contribution in [0.4, 0.5) is 11.4 Å². The summed E-state index contributed by atoms with van der Waals surface area (Å²) in [4.78, 5) is 35.7. The number of non-ortho nitro benzene ring substituents is 2. The maximum atomic E-state index is 12.6. The van der Waals surface area contributed by atoms with Crippen molar-refractivity contribution < 1.29 is 14.6 Å². The maximum absolute atomic E-state index is 12.6. The van der Waals surface area contributed by atoms with E-state index in [2.05, 4.69) is 0 Å². The van der Waals surface area contributed by atoms with Crippen LogP contribution in [0.1, 0.15) is 20.8 Å². The highest BCUT2D eigenvalue weighted by Crippen LogP contribution is 2.27. The Morgan fingerprint density at radius 2 is 1.78 bits per heavy atom. The van der Waals surface area contributed by atoms with Gasteiger partial charge >= 0.3 is 0 Å². The Labute approximate surface area is 134 Å². The largest absolute Gasteiger partial charge is 0.334 e. The average molecular weight is 333 g/mol. The molecule has 0 bridgehead atoms. The van der Waals surface area contributed by atoms with Crippen molar-refractivity contribution in [1.29, 1.82) is 0 Å². The number of nitro groups is 2. The summed E-state index contributed by atoms with van der Waals surface area (Å²) in [5.41, 5.74) is 0.0886. The number of benzene rings is 1. The second-order valence-corrected chi connectivity index (χ2v) is 6.10. The lowest BCUT2D eigenvalue weighted by Gasteiger charge is -2.27. The monoisotopic (exact) mass is 333 g/mol. The predicted molar refractivity (Wildman–Crippen MR) is 82.5 cm³/mol. The second-order valence-electron chi connectivity index (χ2n) is 5.10. The molecule has 1 aromatic heterocycles. The number of amides is 1. The van der Waals surface area contributed by atoms with Crippen LogP contribution in [0.2, 0.25) is 0 Å². The van der Waals surface area contributed by atoms with Gasteiger partial charge in [-0.2, -0.15) is 0 Å². The Morgan fingerprint density at radius 1 is 1.13 bits per heavy atom. The van der Waals surface area contributed by atoms with Crippen LogP contribution >= 0.6 is 11.3 Å². The van der Waals surface area contributed by atoms with E-state index in [4.69, 9.17) is 0 Å². The van der Waals surface area contributed by atoms with Crippen LogP contribution in [0.3, 0.4) is 0 Å². The smallest absolute Gasteiger partial charge is 0.277 e. The van der Waals surface area contributed by atoms with Gasteiger partial charge in [-0.1, -0.05) is 0 Å². The van der Waals surface area contributed by atoms with Crippen molar-refractivity contribution in [3.05, 3.63) is 65.9 Å². The third-order valence-electron chi connectivity index (χ3n) is 3.67. The molecule has 0 fully saturated rings. The van der Waals surface area contributed by atoms with E-state index in [1.54, 1.807) is 16.2 Å². The first-order chi connectivity index (χ1) is 11.0. The van der Waals surface area contributed by atoms with E-state index >= 15 is 0 Å². The molecular formula is C14H11N3O5S. The molecule has 1 aliphatic rings. The van der Waals surface area contributed by atoms with Crippen LogP contribution in [-0.4, -0.2) is 27.2 Å². The van der Waals surface area contributed by atoms with Gasteiger partial charge in [0.1, 0.15) is 0 Å². The number of rotatable bonds is 3. The molecule has 2 aromatic rings. The molecule has 8 nitrogen and oxygen atoms in total. The zero-order valence-corrected chi connectivity index (χ0v) is 12.6. The number of carbonyl (C=O) groups is 1. The van der Waals surface area contributed by atoms with Crippen molar-refractivity contribution in [3.8, 4) is 0 Å². The van der Waals surface area contributed by atoms with Gasteiger partial charge in [0.05, 0.1) is 21.5 Å². The zero-order valence-electron chi connectivity index (χ0n) is 11.8. The van der Waals surface area contributed by atoms with Crippen molar-refractivity contribution in [1.82, 2.24) is 4.90 Å². The van der Waals surface area contributed by atoms with Gasteiger partial charge in [0.25, 0.3) is 17.3 Å². The molecule has 0 radical (unpaired) electrons. The van der Waals surface area contributed by atoms with Gasteiger partial charge in [-0.25, -0.2) is 0 Å². The number of nitrogens with zero attached hydrogens (tertiary/aromatic N) is 3. The SMILES string of the molecule is O=C(c1cc([N+](=O)[O-])cc([N+](=O)[O-])c1)N1CCc2sccc2C1. The minimum absolute atomic E-state index is 0.0374. The summed E-state index contributed by atoms with van der Waals surface area (Å²) in [7, 11) is 0. The molecule has 0 atom stereocenters. The Morgan fingerprint density at radius 3 is 2.39 bits per heavy atom. The molecule has 3 rings (SSSR count). The molecule has 9 heteroatoms. The van der Waals surface area contributed by atoms with Crippen LogP contribution in [0.15, 0.2) is 29.6 Å². The summed E-state index contributed by atoms with van der Waals surface area (Å²) in [6.45, 7) is 0.900. The van der Waals surface area contributed by atoms with Gasteiger partial charge in [0, 0.05) is 30.1 Å². The van der Waals surface area contributed by atoms with Gasteiger partial charge in [-0.15, -0.1) is 11.3 Å². The quantitative estimate of drug-likeness (QED) is 0.634. The first-order valence-electron chi connectivity index (χ1n) is 6.74. The molecule has 1 amide bonds. The van der Waals surface area contributed by atoms with E-state index < -0.39 is 27.1 Å². The van der Waals surface area contributed by atoms with E-state index in [1.807, 2.05) is 11.4 Å². The number of hydrogen-bond donors (Lipinski definition) is 0. The topological polar surface area (TPSA) is 107 Å². The van der Waals surface area contributed by atoms with E-state index in [9.17, 15) is 25.0 Å². The fourth-order valence-corrected chi connectivity index (χ4v) is 3.42. The Balaban J connectivity index is 1.93. The Bertz CT molecular complexity index is 784. The van der Waals surface area contributed by atoms with Crippen molar-refractivity contribution in [2.24, 2.45) is 0 Å². The van der Waals surface area contributed by atoms with Gasteiger partial charge in [-0.05, 0) is 23.4 Å². The molecule has 0 aliphatic carbocycles. The summed E-state index contributed by atoms with van der Waals surface area (Å²) >= 11 is 1.63. The summed E-state index contributed by atoms with van der Waals surface area (Å²) < 4.78 is 0. The van der Waals surface area contributed by atoms with Gasteiger partial charge < -0.3 is 4.90 Å². The standard InChI is InChI=1S/C14H11N3O5S/c18-14(15-3-1-13-9(8-15)2-4-23-13)10-5-11(16(19)20)7-12(6-10)17(21)22/h2,4-7H,1,3,8H2.